The molecule has 0 spiro atoms. The second-order valence-electron chi connectivity index (χ2n) is 13.4. The van der Waals surface area contributed by atoms with Gasteiger partial charge >= 0.3 is 23.1 Å². The van der Waals surface area contributed by atoms with Crippen LogP contribution >= 0.6 is 63.7 Å². The van der Waals surface area contributed by atoms with Gasteiger partial charge in [-0.1, -0.05) is 178 Å². The molecule has 0 saturated heterocycles. The fourth-order valence-electron chi connectivity index (χ4n) is 7.42. The molecule has 1 N–H and O–H groups in total. The largest absolute Gasteiger partial charge is 2.00 e. The summed E-state index contributed by atoms with van der Waals surface area (Å²) in [5.41, 5.74) is 11.7. The molecule has 0 bridgehead atoms. The normalized spacial score (nSPS) is 12.1. The fourth-order valence-corrected chi connectivity index (χ4v) is 8.86. The molecule has 0 heterocycles. The molecule has 10 rings (SSSR count). The second-order valence-corrected chi connectivity index (χ2v) is 17.0. The van der Waals surface area contributed by atoms with Gasteiger partial charge in [-0.05, 0) is 81.9 Å². The summed E-state index contributed by atoms with van der Waals surface area (Å²) in [5, 5.41) is 12.3. The van der Waals surface area contributed by atoms with E-state index in [1.165, 1.54) is 5.56 Å². The van der Waals surface area contributed by atoms with E-state index in [1.54, 1.807) is 0 Å². The van der Waals surface area contributed by atoms with E-state index in [-0.39, 0.29) is 45.8 Å². The monoisotopic (exact) mass is 1080 g/mol. The van der Waals surface area contributed by atoms with Crippen molar-refractivity contribution in [2.75, 3.05) is 0 Å². The van der Waals surface area contributed by atoms with Gasteiger partial charge in [-0.2, -0.15) is 0 Å². The Morgan fingerprint density at radius 3 is 1.34 bits per heavy atom. The average molecular weight is 1090 g/mol. The number of benzene rings is 8. The van der Waals surface area contributed by atoms with Crippen LogP contribution in [0.1, 0.15) is 32.6 Å². The molecule has 58 heavy (non-hydrogen) atoms. The Bertz CT molecular complexity index is 2580. The summed E-state index contributed by atoms with van der Waals surface area (Å²) in [4.78, 5) is 12.2. The van der Waals surface area contributed by atoms with E-state index in [1.807, 2.05) is 133 Å². The third-order valence-corrected chi connectivity index (χ3v) is 11.9. The molecule has 280 valence electrons. The number of hydrogen-bond acceptors (Lipinski definition) is 2. The molecule has 0 aliphatic heterocycles. The smallest absolute Gasteiger partial charge is 1.00 e. The van der Waals surface area contributed by atoms with E-state index in [0.29, 0.717) is 0 Å². The van der Waals surface area contributed by atoms with Crippen LogP contribution in [0.5, 0.6) is 0 Å². The van der Waals surface area contributed by atoms with E-state index in [4.69, 9.17) is 0 Å². The van der Waals surface area contributed by atoms with Crippen LogP contribution in [0.2, 0.25) is 0 Å². The number of carbonyl (C=O) groups excluding carboxylic acids is 1. The van der Waals surface area contributed by atoms with Gasteiger partial charge < -0.3 is 22.1 Å². The van der Waals surface area contributed by atoms with Crippen molar-refractivity contribution in [1.29, 1.82) is 0 Å². The maximum atomic E-state index is 12.3. The van der Waals surface area contributed by atoms with E-state index < -0.39 is 5.60 Å². The Balaban J connectivity index is 0.000000160. The van der Waals surface area contributed by atoms with Gasteiger partial charge in [0.2, 0.25) is 0 Å². The second kappa shape index (κ2) is 19.3. The Morgan fingerprint density at radius 2 is 0.845 bits per heavy atom. The van der Waals surface area contributed by atoms with Crippen LogP contribution in [0, 0.1) is 6.07 Å². The van der Waals surface area contributed by atoms with Crippen molar-refractivity contribution >= 4 is 92.6 Å². The van der Waals surface area contributed by atoms with Crippen molar-refractivity contribution in [3.8, 4) is 44.5 Å². The average Bonchev–Trinajstić information content (AvgIpc) is 3.65. The number of hydrogen-bond donors (Lipinski definition) is 1. The van der Waals surface area contributed by atoms with Gasteiger partial charge in [0.05, 0.1) is 0 Å². The van der Waals surface area contributed by atoms with Crippen LogP contribution in [0.4, 0.5) is 0 Å². The predicted octanol–water partition coefficient (Wildman–Crippen LogP) is 11.3. The molecule has 0 unspecified atom stereocenters. The van der Waals surface area contributed by atoms with Crippen molar-refractivity contribution in [3.63, 3.8) is 0 Å². The predicted molar refractivity (Wildman–Crippen MR) is 248 cm³/mol. The molecule has 8 heteroatoms. The number of aliphatic hydroxyl groups is 1. The first-order valence-electron chi connectivity index (χ1n) is 17.9. The number of carbonyl (C=O) groups is 1. The van der Waals surface area contributed by atoms with Gasteiger partial charge in [0, 0.05) is 45.7 Å². The number of halogens is 5. The minimum atomic E-state index is -1.23. The van der Waals surface area contributed by atoms with Gasteiger partial charge in [-0.15, -0.1) is 35.9 Å². The molecule has 0 aromatic heterocycles. The van der Waals surface area contributed by atoms with Crippen molar-refractivity contribution in [1.82, 2.24) is 0 Å². The third-order valence-electron chi connectivity index (χ3n) is 9.97. The van der Waals surface area contributed by atoms with Crippen molar-refractivity contribution in [2.45, 2.75) is 5.60 Å². The quantitative estimate of drug-likeness (QED) is 0.141. The van der Waals surface area contributed by atoms with Gasteiger partial charge in [0.15, 0.2) is 5.78 Å². The minimum absolute atomic E-state index is 0. The summed E-state index contributed by atoms with van der Waals surface area (Å²) in [7, 11) is 0. The Morgan fingerprint density at radius 1 is 0.414 bits per heavy atom. The minimum Gasteiger partial charge on any atom is -1.00 e. The zero-order valence-electron chi connectivity index (χ0n) is 30.8. The van der Waals surface area contributed by atoms with E-state index in [9.17, 15) is 9.90 Å². The summed E-state index contributed by atoms with van der Waals surface area (Å²) in [6.45, 7) is 0. The molecule has 0 atom stereocenters. The van der Waals surface area contributed by atoms with E-state index in [0.717, 1.165) is 84.7 Å². The fraction of sp³-hybridized carbons (Fsp3) is 0.0200. The number of rotatable bonds is 3. The molecule has 2 nitrogen and oxygen atoms in total. The number of fused-ring (bicyclic) bond motifs is 6. The SMILES string of the molecule is O=C1c2cc(Br)ccc2-c2ccc(Br)cc21.OC1(c2ccccc2-c2ccccc2)c2cc(Br)ccc2-c2ccc(Br)cc21.[Br-].[Mg+2].[c-]1ccccc1-c1ccccc1. The van der Waals surface area contributed by atoms with Crippen LogP contribution in [0.3, 0.4) is 0 Å². The van der Waals surface area contributed by atoms with Crippen LogP contribution in [0.15, 0.2) is 200 Å². The van der Waals surface area contributed by atoms with Gasteiger partial charge in [0.1, 0.15) is 5.60 Å². The van der Waals surface area contributed by atoms with Crippen molar-refractivity contribution < 1.29 is 26.9 Å². The molecular weight excluding hydrogens is 1060 g/mol. The van der Waals surface area contributed by atoms with Crippen LogP contribution in [-0.2, 0) is 5.60 Å². The van der Waals surface area contributed by atoms with Gasteiger partial charge in [-0.3, -0.25) is 4.79 Å². The van der Waals surface area contributed by atoms with Crippen molar-refractivity contribution in [2.24, 2.45) is 0 Å². The summed E-state index contributed by atoms with van der Waals surface area (Å²) in [6, 6.07) is 63.7. The topological polar surface area (TPSA) is 37.3 Å². The first-order chi connectivity index (χ1) is 27.2. The summed E-state index contributed by atoms with van der Waals surface area (Å²) < 4.78 is 3.78. The summed E-state index contributed by atoms with van der Waals surface area (Å²) in [5.74, 6) is 0.104. The molecule has 0 fully saturated rings. The molecule has 2 aliphatic rings. The zero-order chi connectivity index (χ0) is 38.8. The van der Waals surface area contributed by atoms with Crippen LogP contribution in [-0.4, -0.2) is 33.9 Å². The Labute approximate surface area is 399 Å². The molecule has 8 aromatic carbocycles. The maximum absolute atomic E-state index is 12.3. The van der Waals surface area contributed by atoms with Gasteiger partial charge in [-0.25, -0.2) is 0 Å². The summed E-state index contributed by atoms with van der Waals surface area (Å²) >= 11 is 14.0. The third kappa shape index (κ3) is 8.86. The first-order valence-corrected chi connectivity index (χ1v) is 21.0. The van der Waals surface area contributed by atoms with Gasteiger partial charge in [0.25, 0.3) is 0 Å². The van der Waals surface area contributed by atoms with Crippen LogP contribution < -0.4 is 17.0 Å². The summed E-state index contributed by atoms with van der Waals surface area (Å²) in [6.07, 6.45) is 0. The zero-order valence-corrected chi connectivity index (χ0v) is 40.1. The standard InChI is InChI=1S/C25H16Br2O.C13H6Br2O.C12H9.BrH.Mg/c26-17-10-12-20-21-13-11-18(27)15-24(21)25(28,23(20)14-17)22-9-5-4-8-19(22)16-6-2-1-3-7-16;14-7-1-3-9-10-4-2-8(15)6-12(10)13(16)11(9)5-7;1-3-7-11(8-4-1)12-9-5-2-6-10-12;;/h1-15,28H;1-6H;1-9H;1H;/q;;-1;;+2/p-1. The maximum Gasteiger partial charge on any atom is 2.00 e. The molecule has 0 amide bonds. The number of ketones is 1. The Hall–Kier alpha value is -3.44. The van der Waals surface area contributed by atoms with E-state index in [2.05, 4.69) is 118 Å². The molecule has 0 saturated carbocycles. The molecule has 0 radical (unpaired) electrons. The van der Waals surface area contributed by atoms with Crippen LogP contribution in [0.25, 0.3) is 44.5 Å². The van der Waals surface area contributed by atoms with E-state index >= 15 is 0 Å². The first kappa shape index (κ1) is 44.1. The molecule has 8 aromatic rings. The Kier molecular flexibility index (Phi) is 14.7. The van der Waals surface area contributed by atoms with Crippen molar-refractivity contribution in [3.05, 3.63) is 234 Å². The molecular formula is C50H31Br5MgO2. The molecule has 2 aliphatic carbocycles.